The van der Waals surface area contributed by atoms with Crippen molar-refractivity contribution >= 4 is 28.6 Å². The number of carbonyl (C=O) groups excluding carboxylic acids is 1. The summed E-state index contributed by atoms with van der Waals surface area (Å²) in [5, 5.41) is 0. The fourth-order valence-electron chi connectivity index (χ4n) is 1.64. The molecule has 2 rings (SSSR count). The Morgan fingerprint density at radius 2 is 1.63 bits per heavy atom. The molecule has 0 unspecified atom stereocenters. The molecule has 0 saturated heterocycles. The van der Waals surface area contributed by atoms with Gasteiger partial charge in [0, 0.05) is 14.7 Å². The summed E-state index contributed by atoms with van der Waals surface area (Å²) >= 11 is 2.27. The molecule has 0 amide bonds. The predicted octanol–water partition coefficient (Wildman–Crippen LogP) is 4.44. The van der Waals surface area contributed by atoms with E-state index in [1.165, 1.54) is 0 Å². The SMILES string of the molecule is C=C(C)C(=O)Oc1ccccc1-c1ccccc1I. The number of para-hydroxylation sites is 1. The van der Waals surface area contributed by atoms with E-state index < -0.39 is 5.97 Å². The summed E-state index contributed by atoms with van der Waals surface area (Å²) in [6.07, 6.45) is 0. The number of halogens is 1. The highest BCUT2D eigenvalue weighted by Gasteiger charge is 2.12. The van der Waals surface area contributed by atoms with Gasteiger partial charge < -0.3 is 4.74 Å². The quantitative estimate of drug-likeness (QED) is 0.348. The molecule has 96 valence electrons. The van der Waals surface area contributed by atoms with Crippen molar-refractivity contribution in [2.24, 2.45) is 0 Å². The lowest BCUT2D eigenvalue weighted by Gasteiger charge is -2.11. The summed E-state index contributed by atoms with van der Waals surface area (Å²) in [4.78, 5) is 11.7. The minimum atomic E-state index is -0.404. The molecule has 0 spiro atoms. The molecule has 3 heteroatoms. The summed E-state index contributed by atoms with van der Waals surface area (Å²) in [6.45, 7) is 5.23. The maximum atomic E-state index is 11.7. The molecule has 2 aromatic carbocycles. The minimum Gasteiger partial charge on any atom is -0.423 e. The molecule has 0 aliphatic rings. The molecule has 0 atom stereocenters. The van der Waals surface area contributed by atoms with Crippen molar-refractivity contribution in [1.82, 2.24) is 0 Å². The van der Waals surface area contributed by atoms with E-state index in [9.17, 15) is 4.79 Å². The Kier molecular flexibility index (Phi) is 4.37. The molecule has 0 N–H and O–H groups in total. The molecule has 2 nitrogen and oxygen atoms in total. The molecule has 19 heavy (non-hydrogen) atoms. The molecule has 0 aromatic heterocycles. The largest absolute Gasteiger partial charge is 0.423 e. The number of rotatable bonds is 3. The lowest BCUT2D eigenvalue weighted by atomic mass is 10.0. The lowest BCUT2D eigenvalue weighted by molar-refractivity contribution is -0.130. The second-order valence-corrected chi connectivity index (χ2v) is 5.31. The molecule has 0 saturated carbocycles. The van der Waals surface area contributed by atoms with E-state index in [0.29, 0.717) is 11.3 Å². The lowest BCUT2D eigenvalue weighted by Crippen LogP contribution is -2.09. The van der Waals surface area contributed by atoms with Crippen LogP contribution in [-0.2, 0) is 4.79 Å². The Morgan fingerprint density at radius 3 is 2.26 bits per heavy atom. The maximum absolute atomic E-state index is 11.7. The summed E-state index contributed by atoms with van der Waals surface area (Å²) in [6, 6.07) is 15.5. The van der Waals surface area contributed by atoms with Crippen LogP contribution in [0.25, 0.3) is 11.1 Å². The zero-order valence-electron chi connectivity index (χ0n) is 10.5. The zero-order chi connectivity index (χ0) is 13.8. The third-order valence-corrected chi connectivity index (χ3v) is 3.54. The van der Waals surface area contributed by atoms with Crippen molar-refractivity contribution in [1.29, 1.82) is 0 Å². The van der Waals surface area contributed by atoms with Gasteiger partial charge in [0.15, 0.2) is 0 Å². The van der Waals surface area contributed by atoms with E-state index in [0.717, 1.165) is 14.7 Å². The predicted molar refractivity (Wildman–Crippen MR) is 85.0 cm³/mol. The van der Waals surface area contributed by atoms with Crippen LogP contribution in [0.2, 0.25) is 0 Å². The van der Waals surface area contributed by atoms with Crippen molar-refractivity contribution in [3.63, 3.8) is 0 Å². The highest BCUT2D eigenvalue weighted by Crippen LogP contribution is 2.33. The molecule has 0 radical (unpaired) electrons. The van der Waals surface area contributed by atoms with Crippen LogP contribution >= 0.6 is 22.6 Å². The number of hydrogen-bond donors (Lipinski definition) is 0. The van der Waals surface area contributed by atoms with Gasteiger partial charge in [0.25, 0.3) is 0 Å². The van der Waals surface area contributed by atoms with E-state index >= 15 is 0 Å². The van der Waals surface area contributed by atoms with Gasteiger partial charge >= 0.3 is 5.97 Å². The summed E-state index contributed by atoms with van der Waals surface area (Å²) < 4.78 is 6.48. The molecule has 0 bridgehead atoms. The number of carbonyl (C=O) groups is 1. The minimum absolute atomic E-state index is 0.387. The molecule has 0 fully saturated rings. The summed E-state index contributed by atoms with van der Waals surface area (Å²) in [5.74, 6) is 0.151. The van der Waals surface area contributed by atoms with Gasteiger partial charge in [0.2, 0.25) is 0 Å². The number of hydrogen-bond acceptors (Lipinski definition) is 2. The molecule has 0 heterocycles. The first-order valence-corrected chi connectivity index (χ1v) is 6.89. The van der Waals surface area contributed by atoms with Gasteiger partial charge in [-0.1, -0.05) is 43.0 Å². The fourth-order valence-corrected chi connectivity index (χ4v) is 2.32. The first-order valence-electron chi connectivity index (χ1n) is 5.81. The second kappa shape index (κ2) is 6.02. The van der Waals surface area contributed by atoms with Crippen molar-refractivity contribution in [3.8, 4) is 16.9 Å². The van der Waals surface area contributed by atoms with Crippen LogP contribution < -0.4 is 4.74 Å². The van der Waals surface area contributed by atoms with Crippen LogP contribution in [0, 0.1) is 3.57 Å². The third-order valence-electron chi connectivity index (χ3n) is 2.60. The highest BCUT2D eigenvalue weighted by atomic mass is 127. The Morgan fingerprint density at radius 1 is 1.05 bits per heavy atom. The van der Waals surface area contributed by atoms with Crippen molar-refractivity contribution in [3.05, 3.63) is 64.3 Å². The Labute approximate surface area is 126 Å². The van der Waals surface area contributed by atoms with Gasteiger partial charge in [0.05, 0.1) is 0 Å². The topological polar surface area (TPSA) is 26.3 Å². The molecular weight excluding hydrogens is 351 g/mol. The maximum Gasteiger partial charge on any atom is 0.338 e. The molecular formula is C16H13IO2. The van der Waals surface area contributed by atoms with Crippen LogP contribution in [0.5, 0.6) is 5.75 Å². The molecule has 2 aromatic rings. The van der Waals surface area contributed by atoms with Crippen LogP contribution in [0.4, 0.5) is 0 Å². The van der Waals surface area contributed by atoms with Gasteiger partial charge in [0.1, 0.15) is 5.75 Å². The Balaban J connectivity index is 2.45. The van der Waals surface area contributed by atoms with Crippen molar-refractivity contribution in [2.45, 2.75) is 6.92 Å². The average molecular weight is 364 g/mol. The Bertz CT molecular complexity index is 632. The van der Waals surface area contributed by atoms with Crippen LogP contribution in [0.1, 0.15) is 6.92 Å². The van der Waals surface area contributed by atoms with Crippen molar-refractivity contribution < 1.29 is 9.53 Å². The monoisotopic (exact) mass is 364 g/mol. The second-order valence-electron chi connectivity index (χ2n) is 4.15. The molecule has 0 aliphatic carbocycles. The van der Waals surface area contributed by atoms with E-state index in [1.807, 2.05) is 42.5 Å². The highest BCUT2D eigenvalue weighted by molar-refractivity contribution is 14.1. The van der Waals surface area contributed by atoms with E-state index in [-0.39, 0.29) is 0 Å². The third kappa shape index (κ3) is 3.23. The van der Waals surface area contributed by atoms with Crippen LogP contribution in [0.3, 0.4) is 0 Å². The van der Waals surface area contributed by atoms with Crippen molar-refractivity contribution in [2.75, 3.05) is 0 Å². The van der Waals surface area contributed by atoms with Gasteiger partial charge in [-0.05, 0) is 47.2 Å². The van der Waals surface area contributed by atoms with E-state index in [4.69, 9.17) is 4.74 Å². The first-order chi connectivity index (χ1) is 9.09. The smallest absolute Gasteiger partial charge is 0.338 e. The summed E-state index contributed by atoms with van der Waals surface area (Å²) in [7, 11) is 0. The van der Waals surface area contributed by atoms with E-state index in [1.54, 1.807) is 13.0 Å². The number of benzene rings is 2. The average Bonchev–Trinajstić information content (AvgIpc) is 2.40. The standard InChI is InChI=1S/C16H13IO2/c1-11(2)16(18)19-15-10-6-4-8-13(15)12-7-3-5-9-14(12)17/h3-10H,1H2,2H3. The van der Waals surface area contributed by atoms with Gasteiger partial charge in [-0.2, -0.15) is 0 Å². The van der Waals surface area contributed by atoms with Gasteiger partial charge in [-0.3, -0.25) is 0 Å². The Hall–Kier alpha value is -1.62. The number of ether oxygens (including phenoxy) is 1. The van der Waals surface area contributed by atoms with E-state index in [2.05, 4.69) is 29.2 Å². The number of esters is 1. The normalized spacial score (nSPS) is 10.0. The summed E-state index contributed by atoms with van der Waals surface area (Å²) in [5.41, 5.74) is 2.34. The van der Waals surface area contributed by atoms with Crippen LogP contribution in [0.15, 0.2) is 60.7 Å². The van der Waals surface area contributed by atoms with Gasteiger partial charge in [-0.15, -0.1) is 0 Å². The zero-order valence-corrected chi connectivity index (χ0v) is 12.7. The first kappa shape index (κ1) is 13.8. The van der Waals surface area contributed by atoms with Crippen LogP contribution in [-0.4, -0.2) is 5.97 Å². The van der Waals surface area contributed by atoms with Gasteiger partial charge in [-0.25, -0.2) is 4.79 Å². The fraction of sp³-hybridized carbons (Fsp3) is 0.0625. The molecule has 0 aliphatic heterocycles.